The molecule has 0 saturated heterocycles. The molecule has 1 rings (SSSR count). The van der Waals surface area contributed by atoms with Gasteiger partial charge in [-0.1, -0.05) is 26.7 Å². The molecule has 4 heteroatoms. The molecule has 0 aliphatic heterocycles. The zero-order chi connectivity index (χ0) is 10.4. The van der Waals surface area contributed by atoms with Crippen molar-refractivity contribution in [3.63, 3.8) is 0 Å². The van der Waals surface area contributed by atoms with Crippen LogP contribution in [0.15, 0.2) is 12.4 Å². The Bertz CT molecular complexity index is 257. The molecule has 3 nitrogen and oxygen atoms in total. The predicted molar refractivity (Wildman–Crippen MR) is 67.3 cm³/mol. The fourth-order valence-electron chi connectivity index (χ4n) is 1.22. The molecule has 0 unspecified atom stereocenters. The number of hydrogen-bond acceptors (Lipinski definition) is 3. The summed E-state index contributed by atoms with van der Waals surface area (Å²) in [5.74, 6) is 1.45. The Kier molecular flexibility index (Phi) is 5.14. The van der Waals surface area contributed by atoms with E-state index in [1.807, 2.05) is 12.4 Å². The van der Waals surface area contributed by atoms with Crippen molar-refractivity contribution in [3.05, 3.63) is 16.0 Å². The summed E-state index contributed by atoms with van der Waals surface area (Å²) in [5, 5.41) is 3.25. The number of nitrogens with one attached hydrogen (secondary N) is 1. The van der Waals surface area contributed by atoms with Gasteiger partial charge in [-0.15, -0.1) is 0 Å². The quantitative estimate of drug-likeness (QED) is 0.850. The summed E-state index contributed by atoms with van der Waals surface area (Å²) in [6.45, 7) is 5.39. The average molecular weight is 305 g/mol. The molecule has 14 heavy (non-hydrogen) atoms. The SMILES string of the molecule is CCC(CC)CNc1ncc(I)cn1. The van der Waals surface area contributed by atoms with Crippen molar-refractivity contribution in [1.82, 2.24) is 9.97 Å². The second-order valence-corrected chi connectivity index (χ2v) is 4.53. The van der Waals surface area contributed by atoms with E-state index in [-0.39, 0.29) is 0 Å². The third-order valence-corrected chi connectivity index (χ3v) is 2.88. The van der Waals surface area contributed by atoms with Crippen LogP contribution in [0.2, 0.25) is 0 Å². The van der Waals surface area contributed by atoms with Crippen molar-refractivity contribution in [2.45, 2.75) is 26.7 Å². The average Bonchev–Trinajstić information content (AvgIpc) is 2.22. The van der Waals surface area contributed by atoms with E-state index in [0.717, 1.165) is 22.0 Å². The van der Waals surface area contributed by atoms with Crippen molar-refractivity contribution in [2.75, 3.05) is 11.9 Å². The first kappa shape index (κ1) is 11.7. The lowest BCUT2D eigenvalue weighted by molar-refractivity contribution is 0.517. The molecule has 0 amide bonds. The van der Waals surface area contributed by atoms with Crippen LogP contribution < -0.4 is 5.32 Å². The third-order valence-electron chi connectivity index (χ3n) is 2.32. The van der Waals surface area contributed by atoms with Crippen molar-refractivity contribution in [3.8, 4) is 0 Å². The molecular formula is C10H16IN3. The van der Waals surface area contributed by atoms with E-state index >= 15 is 0 Å². The first-order chi connectivity index (χ1) is 6.76. The number of aromatic nitrogens is 2. The minimum Gasteiger partial charge on any atom is -0.354 e. The predicted octanol–water partition coefficient (Wildman–Crippen LogP) is 2.93. The lowest BCUT2D eigenvalue weighted by Crippen LogP contribution is -2.14. The van der Waals surface area contributed by atoms with Crippen LogP contribution in [-0.4, -0.2) is 16.5 Å². The highest BCUT2D eigenvalue weighted by molar-refractivity contribution is 14.1. The monoisotopic (exact) mass is 305 g/mol. The molecule has 0 fully saturated rings. The molecule has 0 radical (unpaired) electrons. The standard InChI is InChI=1S/C10H16IN3/c1-3-8(4-2)5-12-10-13-6-9(11)7-14-10/h6-8H,3-5H2,1-2H3,(H,12,13,14). The Balaban J connectivity index is 2.41. The maximum absolute atomic E-state index is 4.19. The molecule has 0 aromatic carbocycles. The third kappa shape index (κ3) is 3.77. The summed E-state index contributed by atoms with van der Waals surface area (Å²) >= 11 is 2.20. The molecule has 0 aliphatic rings. The fourth-order valence-corrected chi connectivity index (χ4v) is 1.50. The van der Waals surface area contributed by atoms with Gasteiger partial charge in [-0.3, -0.25) is 0 Å². The molecule has 0 spiro atoms. The Labute approximate surface area is 98.9 Å². The van der Waals surface area contributed by atoms with Crippen molar-refractivity contribution >= 4 is 28.5 Å². The molecule has 1 N–H and O–H groups in total. The molecule has 0 atom stereocenters. The zero-order valence-corrected chi connectivity index (χ0v) is 10.8. The van der Waals surface area contributed by atoms with E-state index in [9.17, 15) is 0 Å². The number of hydrogen-bond donors (Lipinski definition) is 1. The van der Waals surface area contributed by atoms with Crippen LogP contribution >= 0.6 is 22.6 Å². The molecule has 1 heterocycles. The van der Waals surface area contributed by atoms with Crippen LogP contribution in [0, 0.1) is 9.49 Å². The number of rotatable bonds is 5. The van der Waals surface area contributed by atoms with Gasteiger partial charge >= 0.3 is 0 Å². The molecular weight excluding hydrogens is 289 g/mol. The number of nitrogens with zero attached hydrogens (tertiary/aromatic N) is 2. The van der Waals surface area contributed by atoms with E-state index in [4.69, 9.17) is 0 Å². The maximum atomic E-state index is 4.19. The summed E-state index contributed by atoms with van der Waals surface area (Å²) < 4.78 is 1.07. The van der Waals surface area contributed by atoms with Gasteiger partial charge in [-0.2, -0.15) is 0 Å². The summed E-state index contributed by atoms with van der Waals surface area (Å²) in [5.41, 5.74) is 0. The minimum atomic E-state index is 0.720. The number of anilines is 1. The highest BCUT2D eigenvalue weighted by atomic mass is 127. The summed E-state index contributed by atoms with van der Waals surface area (Å²) in [6, 6.07) is 0. The molecule has 0 aliphatic carbocycles. The Morgan fingerprint density at radius 1 is 1.29 bits per heavy atom. The summed E-state index contributed by atoms with van der Waals surface area (Å²) in [6.07, 6.45) is 6.05. The normalized spacial score (nSPS) is 10.6. The minimum absolute atomic E-state index is 0.720. The van der Waals surface area contributed by atoms with Crippen LogP contribution in [-0.2, 0) is 0 Å². The van der Waals surface area contributed by atoms with Gasteiger partial charge in [0, 0.05) is 22.5 Å². The number of halogens is 1. The van der Waals surface area contributed by atoms with Crippen LogP contribution in [0.5, 0.6) is 0 Å². The van der Waals surface area contributed by atoms with Crippen molar-refractivity contribution < 1.29 is 0 Å². The lowest BCUT2D eigenvalue weighted by Gasteiger charge is -2.12. The first-order valence-electron chi connectivity index (χ1n) is 4.97. The fraction of sp³-hybridized carbons (Fsp3) is 0.600. The highest BCUT2D eigenvalue weighted by Crippen LogP contribution is 2.08. The summed E-state index contributed by atoms with van der Waals surface area (Å²) in [7, 11) is 0. The first-order valence-corrected chi connectivity index (χ1v) is 6.05. The van der Waals surface area contributed by atoms with E-state index < -0.39 is 0 Å². The van der Waals surface area contributed by atoms with Gasteiger partial charge in [0.15, 0.2) is 0 Å². The Morgan fingerprint density at radius 3 is 2.36 bits per heavy atom. The Hall–Kier alpha value is -0.390. The van der Waals surface area contributed by atoms with E-state index in [1.54, 1.807) is 0 Å². The van der Waals surface area contributed by atoms with Gasteiger partial charge in [0.25, 0.3) is 0 Å². The van der Waals surface area contributed by atoms with E-state index in [0.29, 0.717) is 0 Å². The lowest BCUT2D eigenvalue weighted by atomic mass is 10.0. The van der Waals surface area contributed by atoms with Crippen LogP contribution in [0.1, 0.15) is 26.7 Å². The van der Waals surface area contributed by atoms with Gasteiger partial charge < -0.3 is 5.32 Å². The van der Waals surface area contributed by atoms with Gasteiger partial charge in [0.1, 0.15) is 0 Å². The Morgan fingerprint density at radius 2 is 1.86 bits per heavy atom. The van der Waals surface area contributed by atoms with Crippen molar-refractivity contribution in [2.24, 2.45) is 5.92 Å². The van der Waals surface area contributed by atoms with E-state index in [2.05, 4.69) is 51.7 Å². The second kappa shape index (κ2) is 6.16. The largest absolute Gasteiger partial charge is 0.354 e. The van der Waals surface area contributed by atoms with Crippen molar-refractivity contribution in [1.29, 1.82) is 0 Å². The molecule has 78 valence electrons. The molecule has 0 bridgehead atoms. The molecule has 0 saturated carbocycles. The molecule has 1 aromatic heterocycles. The molecule has 1 aromatic rings. The highest BCUT2D eigenvalue weighted by Gasteiger charge is 2.03. The van der Waals surface area contributed by atoms with Gasteiger partial charge in [0.05, 0.1) is 0 Å². The topological polar surface area (TPSA) is 37.8 Å². The van der Waals surface area contributed by atoms with Gasteiger partial charge in [-0.05, 0) is 28.5 Å². The summed E-state index contributed by atoms with van der Waals surface area (Å²) in [4.78, 5) is 8.38. The zero-order valence-electron chi connectivity index (χ0n) is 8.63. The second-order valence-electron chi connectivity index (χ2n) is 3.29. The van der Waals surface area contributed by atoms with Crippen LogP contribution in [0.3, 0.4) is 0 Å². The van der Waals surface area contributed by atoms with E-state index in [1.165, 1.54) is 12.8 Å². The smallest absolute Gasteiger partial charge is 0.222 e. The maximum Gasteiger partial charge on any atom is 0.222 e. The van der Waals surface area contributed by atoms with Crippen LogP contribution in [0.25, 0.3) is 0 Å². The van der Waals surface area contributed by atoms with Gasteiger partial charge in [0.2, 0.25) is 5.95 Å². The van der Waals surface area contributed by atoms with Gasteiger partial charge in [-0.25, -0.2) is 9.97 Å². The van der Waals surface area contributed by atoms with Crippen LogP contribution in [0.4, 0.5) is 5.95 Å².